The highest BCUT2D eigenvalue weighted by Crippen LogP contribution is 2.24. The van der Waals surface area contributed by atoms with Crippen LogP contribution in [0.15, 0.2) is 66.0 Å². The molecule has 0 aliphatic rings. The fraction of sp³-hybridized carbons (Fsp3) is 0.0952. The first-order valence-corrected chi connectivity index (χ1v) is 9.22. The fourth-order valence-electron chi connectivity index (χ4n) is 3.73. The summed E-state index contributed by atoms with van der Waals surface area (Å²) in [6.45, 7) is 1.44. The maximum absolute atomic E-state index is 13.1. The van der Waals surface area contributed by atoms with Crippen LogP contribution in [0.1, 0.15) is 5.56 Å². The summed E-state index contributed by atoms with van der Waals surface area (Å²) < 4.78 is 4.52. The molecule has 9 heteroatoms. The number of hydrogen-bond donors (Lipinski definition) is 1. The summed E-state index contributed by atoms with van der Waals surface area (Å²) in [5, 5.41) is 17.8. The SMILES string of the molecule is Cc1cccc2c1n(-c1ccc(-c3cccn4cncc34)nn1)c(=O)n2CC(=O)O. The predicted molar refractivity (Wildman–Crippen MR) is 110 cm³/mol. The van der Waals surface area contributed by atoms with Crippen molar-refractivity contribution >= 4 is 22.5 Å². The van der Waals surface area contributed by atoms with Gasteiger partial charge >= 0.3 is 11.7 Å². The van der Waals surface area contributed by atoms with E-state index in [0.29, 0.717) is 22.5 Å². The molecule has 4 aromatic heterocycles. The number of hydrogen-bond acceptors (Lipinski definition) is 5. The Morgan fingerprint density at radius 2 is 1.93 bits per heavy atom. The average Bonchev–Trinajstić information content (AvgIpc) is 3.32. The number of pyridine rings is 1. The van der Waals surface area contributed by atoms with Crippen LogP contribution in [-0.2, 0) is 11.3 Å². The number of aryl methyl sites for hydroxylation is 1. The highest BCUT2D eigenvalue weighted by Gasteiger charge is 2.19. The molecule has 5 aromatic rings. The van der Waals surface area contributed by atoms with Crippen LogP contribution < -0.4 is 5.69 Å². The van der Waals surface area contributed by atoms with Gasteiger partial charge in [0.1, 0.15) is 6.54 Å². The van der Waals surface area contributed by atoms with Gasteiger partial charge in [-0.3, -0.25) is 9.36 Å². The minimum Gasteiger partial charge on any atom is -0.480 e. The van der Waals surface area contributed by atoms with Gasteiger partial charge in [0, 0.05) is 11.8 Å². The van der Waals surface area contributed by atoms with E-state index >= 15 is 0 Å². The van der Waals surface area contributed by atoms with Crippen molar-refractivity contribution in [3.63, 3.8) is 0 Å². The Kier molecular flexibility index (Phi) is 3.95. The van der Waals surface area contributed by atoms with Crippen LogP contribution in [-0.4, -0.2) is 39.8 Å². The summed E-state index contributed by atoms with van der Waals surface area (Å²) in [5.74, 6) is -0.763. The zero-order chi connectivity index (χ0) is 20.8. The second kappa shape index (κ2) is 6.66. The van der Waals surface area contributed by atoms with Crippen molar-refractivity contribution in [2.45, 2.75) is 13.5 Å². The van der Waals surface area contributed by atoms with Gasteiger partial charge in [0.2, 0.25) is 0 Å². The largest absolute Gasteiger partial charge is 0.480 e. The van der Waals surface area contributed by atoms with Crippen LogP contribution in [0.5, 0.6) is 0 Å². The highest BCUT2D eigenvalue weighted by atomic mass is 16.4. The number of carbonyl (C=O) groups is 1. The molecule has 0 aliphatic heterocycles. The summed E-state index contributed by atoms with van der Waals surface area (Å²) >= 11 is 0. The Balaban J connectivity index is 1.68. The van der Waals surface area contributed by atoms with E-state index in [4.69, 9.17) is 0 Å². The van der Waals surface area contributed by atoms with E-state index in [1.54, 1.807) is 36.8 Å². The van der Waals surface area contributed by atoms with E-state index in [2.05, 4.69) is 15.2 Å². The predicted octanol–water partition coefficient (Wildman–Crippen LogP) is 2.29. The number of fused-ring (bicyclic) bond motifs is 2. The molecule has 0 saturated heterocycles. The molecular weight excluding hydrogens is 384 g/mol. The number of para-hydroxylation sites is 1. The Labute approximate surface area is 169 Å². The Morgan fingerprint density at radius 3 is 2.70 bits per heavy atom. The minimum atomic E-state index is -1.09. The van der Waals surface area contributed by atoms with Gasteiger partial charge in [0.15, 0.2) is 5.82 Å². The van der Waals surface area contributed by atoms with Crippen molar-refractivity contribution in [2.75, 3.05) is 0 Å². The number of aromatic nitrogens is 6. The smallest absolute Gasteiger partial charge is 0.335 e. The normalized spacial score (nSPS) is 11.4. The summed E-state index contributed by atoms with van der Waals surface area (Å²) in [7, 11) is 0. The number of carboxylic acids is 1. The lowest BCUT2D eigenvalue weighted by Gasteiger charge is -2.06. The first kappa shape index (κ1) is 17.8. The lowest BCUT2D eigenvalue weighted by atomic mass is 10.1. The van der Waals surface area contributed by atoms with Gasteiger partial charge in [0.05, 0.1) is 34.8 Å². The number of nitrogens with zero attached hydrogens (tertiary/aromatic N) is 6. The van der Waals surface area contributed by atoms with E-state index in [-0.39, 0.29) is 0 Å². The van der Waals surface area contributed by atoms with Crippen LogP contribution in [0.3, 0.4) is 0 Å². The van der Waals surface area contributed by atoms with Gasteiger partial charge in [0.25, 0.3) is 0 Å². The lowest BCUT2D eigenvalue weighted by Crippen LogP contribution is -2.26. The van der Waals surface area contributed by atoms with Crippen LogP contribution in [0, 0.1) is 6.92 Å². The van der Waals surface area contributed by atoms with Gasteiger partial charge in [-0.2, -0.15) is 0 Å². The topological polar surface area (TPSA) is 107 Å². The molecule has 0 saturated carbocycles. The molecule has 5 rings (SSSR count). The first-order valence-electron chi connectivity index (χ1n) is 9.22. The lowest BCUT2D eigenvalue weighted by molar-refractivity contribution is -0.137. The Bertz CT molecular complexity index is 1480. The molecule has 9 nitrogen and oxygen atoms in total. The zero-order valence-corrected chi connectivity index (χ0v) is 15.9. The molecule has 0 unspecified atom stereocenters. The second-order valence-corrected chi connectivity index (χ2v) is 6.93. The van der Waals surface area contributed by atoms with Crippen LogP contribution in [0.4, 0.5) is 0 Å². The van der Waals surface area contributed by atoms with E-state index in [9.17, 15) is 14.7 Å². The van der Waals surface area contributed by atoms with E-state index < -0.39 is 18.2 Å². The Hall–Kier alpha value is -4.27. The number of benzene rings is 1. The summed E-state index contributed by atoms with van der Waals surface area (Å²) in [6.07, 6.45) is 5.35. The van der Waals surface area contributed by atoms with Crippen LogP contribution in [0.25, 0.3) is 33.6 Å². The van der Waals surface area contributed by atoms with Crippen molar-refractivity contribution < 1.29 is 9.90 Å². The van der Waals surface area contributed by atoms with Crippen LogP contribution in [0.2, 0.25) is 0 Å². The first-order chi connectivity index (χ1) is 14.5. The molecule has 0 fully saturated rings. The number of rotatable bonds is 4. The van der Waals surface area contributed by atoms with Gasteiger partial charge in [-0.1, -0.05) is 12.1 Å². The average molecular weight is 400 g/mol. The molecule has 4 heterocycles. The van der Waals surface area contributed by atoms with Gasteiger partial charge < -0.3 is 9.51 Å². The standard InChI is InChI=1S/C21H16N6O3/c1-13-4-2-6-16-20(13)27(21(30)26(16)11-19(28)29)18-8-7-15(23-24-18)14-5-3-9-25-12-22-10-17(14)25/h2-10,12H,11H2,1H3,(H,28,29). The third-order valence-corrected chi connectivity index (χ3v) is 5.05. The second-order valence-electron chi connectivity index (χ2n) is 6.93. The van der Waals surface area contributed by atoms with Crippen LogP contribution >= 0.6 is 0 Å². The monoisotopic (exact) mass is 400 g/mol. The van der Waals surface area contributed by atoms with Gasteiger partial charge in [-0.05, 0) is 42.8 Å². The molecule has 0 spiro atoms. The van der Waals surface area contributed by atoms with Crippen molar-refractivity contribution in [2.24, 2.45) is 0 Å². The quantitative estimate of drug-likeness (QED) is 0.496. The van der Waals surface area contributed by atoms with Gasteiger partial charge in [-0.25, -0.2) is 14.3 Å². The molecular formula is C21H16N6O3. The maximum Gasteiger partial charge on any atom is 0.335 e. The molecule has 0 atom stereocenters. The molecule has 0 amide bonds. The van der Waals surface area contributed by atoms with Crippen molar-refractivity contribution in [1.29, 1.82) is 0 Å². The molecule has 1 aromatic carbocycles. The van der Waals surface area contributed by atoms with E-state index in [1.807, 2.05) is 35.7 Å². The molecule has 0 radical (unpaired) electrons. The Morgan fingerprint density at radius 1 is 1.07 bits per heavy atom. The molecule has 30 heavy (non-hydrogen) atoms. The van der Waals surface area contributed by atoms with Gasteiger partial charge in [-0.15, -0.1) is 10.2 Å². The van der Waals surface area contributed by atoms with E-state index in [1.165, 1.54) is 9.13 Å². The summed E-state index contributed by atoms with van der Waals surface area (Å²) in [6, 6.07) is 12.7. The summed E-state index contributed by atoms with van der Waals surface area (Å²) in [5.41, 5.74) is 3.92. The third kappa shape index (κ3) is 2.67. The molecule has 0 aliphatic carbocycles. The highest BCUT2D eigenvalue weighted by molar-refractivity contribution is 5.83. The van der Waals surface area contributed by atoms with E-state index in [0.717, 1.165) is 16.6 Å². The number of carboxylic acid groups (broad SMARTS) is 1. The van der Waals surface area contributed by atoms with Crippen molar-refractivity contribution in [3.05, 3.63) is 77.2 Å². The van der Waals surface area contributed by atoms with Crippen molar-refractivity contribution in [3.8, 4) is 17.1 Å². The number of aliphatic carboxylic acids is 1. The molecule has 0 bridgehead atoms. The fourth-order valence-corrected chi connectivity index (χ4v) is 3.73. The number of imidazole rings is 2. The zero-order valence-electron chi connectivity index (χ0n) is 15.9. The molecule has 148 valence electrons. The minimum absolute atomic E-state index is 0.327. The maximum atomic E-state index is 13.1. The van der Waals surface area contributed by atoms with Crippen molar-refractivity contribution in [1.82, 2.24) is 28.7 Å². The molecule has 1 N–H and O–H groups in total. The third-order valence-electron chi connectivity index (χ3n) is 5.05. The summed E-state index contributed by atoms with van der Waals surface area (Å²) in [4.78, 5) is 28.5.